The highest BCUT2D eigenvalue weighted by Gasteiger charge is 2.54. The van der Waals surface area contributed by atoms with E-state index >= 15 is 0 Å². The first kappa shape index (κ1) is 29.0. The van der Waals surface area contributed by atoms with Crippen molar-refractivity contribution in [2.45, 2.75) is 57.1 Å². The van der Waals surface area contributed by atoms with Crippen molar-refractivity contribution < 1.29 is 19.1 Å². The van der Waals surface area contributed by atoms with E-state index < -0.39 is 17.4 Å². The number of ketones is 1. The van der Waals surface area contributed by atoms with Gasteiger partial charge in [-0.25, -0.2) is 4.79 Å². The Morgan fingerprint density at radius 1 is 1.15 bits per heavy atom. The summed E-state index contributed by atoms with van der Waals surface area (Å²) in [5, 5.41) is 6.54. The van der Waals surface area contributed by atoms with Crippen molar-refractivity contribution >= 4 is 62.5 Å². The monoisotopic (exact) mass is 648 g/mol. The van der Waals surface area contributed by atoms with Crippen LogP contribution in [0.25, 0.3) is 0 Å². The smallest absolute Gasteiger partial charge is 0.329 e. The summed E-state index contributed by atoms with van der Waals surface area (Å²) in [7, 11) is 2.01. The van der Waals surface area contributed by atoms with Gasteiger partial charge in [-0.2, -0.15) is 0 Å². The second-order valence-corrected chi connectivity index (χ2v) is 12.4. The number of anilines is 1. The molecule has 1 aromatic heterocycles. The average Bonchev–Trinajstić information content (AvgIpc) is 3.35. The number of nitrogens with zero attached hydrogens (tertiary/aromatic N) is 2. The third-order valence-electron chi connectivity index (χ3n) is 8.01. The SMILES string of the molecule is CN1CCC(OC(=O)[C@H](Cc2ccc(NC(=O)c3c(Cl)cncc3Cl)cc2)NC2=C(Br)C(=O)C23CCCCC3)C1. The van der Waals surface area contributed by atoms with Crippen molar-refractivity contribution in [2.24, 2.45) is 5.41 Å². The van der Waals surface area contributed by atoms with Gasteiger partial charge in [0.05, 0.1) is 25.5 Å². The minimum Gasteiger partial charge on any atom is -0.459 e. The summed E-state index contributed by atoms with van der Waals surface area (Å²) in [6.07, 6.45) is 8.39. The van der Waals surface area contributed by atoms with Gasteiger partial charge < -0.3 is 20.3 Å². The Morgan fingerprint density at radius 3 is 2.45 bits per heavy atom. The third-order valence-corrected chi connectivity index (χ3v) is 9.34. The number of carbonyl (C=O) groups excluding carboxylic acids is 3. The van der Waals surface area contributed by atoms with Gasteiger partial charge in [0.25, 0.3) is 5.91 Å². The van der Waals surface area contributed by atoms with Crippen molar-refractivity contribution in [1.82, 2.24) is 15.2 Å². The fourth-order valence-electron chi connectivity index (χ4n) is 5.81. The van der Waals surface area contributed by atoms with Crippen molar-refractivity contribution in [3.05, 3.63) is 68.0 Å². The number of rotatable bonds is 8. The molecule has 1 unspecified atom stereocenters. The van der Waals surface area contributed by atoms with Crippen LogP contribution in [-0.2, 0) is 20.7 Å². The van der Waals surface area contributed by atoms with Crippen LogP contribution in [0.1, 0.15) is 54.4 Å². The molecule has 212 valence electrons. The molecule has 1 aromatic carbocycles. The molecular weight excluding hydrogens is 619 g/mol. The molecule has 11 heteroatoms. The lowest BCUT2D eigenvalue weighted by Crippen LogP contribution is -2.54. The van der Waals surface area contributed by atoms with Crippen molar-refractivity contribution in [3.63, 3.8) is 0 Å². The molecule has 2 aromatic rings. The number of carbonyl (C=O) groups is 3. The van der Waals surface area contributed by atoms with E-state index in [1.807, 2.05) is 19.2 Å². The number of pyridine rings is 1. The number of halogens is 3. The molecule has 8 nitrogen and oxygen atoms in total. The van der Waals surface area contributed by atoms with Crippen LogP contribution < -0.4 is 10.6 Å². The van der Waals surface area contributed by atoms with Gasteiger partial charge in [0.2, 0.25) is 0 Å². The zero-order valence-corrected chi connectivity index (χ0v) is 25.2. The molecule has 3 aliphatic rings. The van der Waals surface area contributed by atoms with Crippen LogP contribution in [0.4, 0.5) is 5.69 Å². The van der Waals surface area contributed by atoms with Crippen LogP contribution in [0.15, 0.2) is 46.8 Å². The number of amides is 1. The third kappa shape index (κ3) is 5.93. The summed E-state index contributed by atoms with van der Waals surface area (Å²) in [5.41, 5.74) is 1.86. The molecule has 1 amide bonds. The van der Waals surface area contributed by atoms with E-state index in [0.717, 1.165) is 56.3 Å². The van der Waals surface area contributed by atoms with Crippen LogP contribution >= 0.6 is 39.1 Å². The van der Waals surface area contributed by atoms with Crippen LogP contribution in [0, 0.1) is 5.41 Å². The lowest BCUT2D eigenvalue weighted by Gasteiger charge is -2.46. The van der Waals surface area contributed by atoms with E-state index in [0.29, 0.717) is 23.1 Å². The molecule has 2 heterocycles. The van der Waals surface area contributed by atoms with E-state index in [2.05, 4.69) is 36.4 Å². The summed E-state index contributed by atoms with van der Waals surface area (Å²) in [5.74, 6) is -0.662. The second-order valence-electron chi connectivity index (χ2n) is 10.8. The molecule has 40 heavy (non-hydrogen) atoms. The highest BCUT2D eigenvalue weighted by atomic mass is 79.9. The highest BCUT2D eigenvalue weighted by Crippen LogP contribution is 2.53. The Bertz CT molecular complexity index is 1320. The van der Waals surface area contributed by atoms with Gasteiger partial charge in [-0.15, -0.1) is 0 Å². The summed E-state index contributed by atoms with van der Waals surface area (Å²) in [4.78, 5) is 45.1. The first-order valence-electron chi connectivity index (χ1n) is 13.5. The summed E-state index contributed by atoms with van der Waals surface area (Å²) < 4.78 is 6.45. The molecule has 0 radical (unpaired) electrons. The number of benzene rings is 1. The van der Waals surface area contributed by atoms with E-state index in [1.165, 1.54) is 12.4 Å². The standard InChI is InChI=1S/C29H31BrCl2N4O4/c1-36-12-9-19(16-36)40-28(39)22(35-25-24(30)26(37)29(25)10-3-2-4-11-29)13-17-5-7-18(8-6-17)34-27(38)23-20(31)14-33-15-21(23)32/h5-8,14-15,19,22,35H,2-4,9-13,16H2,1H3,(H,34,38)/t19?,22-/m0/s1. The molecule has 1 spiro atoms. The lowest BCUT2D eigenvalue weighted by molar-refractivity contribution is -0.151. The lowest BCUT2D eigenvalue weighted by atomic mass is 9.62. The van der Waals surface area contributed by atoms with Gasteiger partial charge in [-0.05, 0) is 59.9 Å². The topological polar surface area (TPSA) is 101 Å². The number of likely N-dealkylation sites (tertiary alicyclic amines) is 1. The van der Waals surface area contributed by atoms with Crippen molar-refractivity contribution in [3.8, 4) is 0 Å². The number of esters is 1. The first-order chi connectivity index (χ1) is 19.2. The molecule has 1 aliphatic heterocycles. The summed E-state index contributed by atoms with van der Waals surface area (Å²) >= 11 is 15.7. The van der Waals surface area contributed by atoms with Gasteiger partial charge in [0.1, 0.15) is 12.1 Å². The number of aromatic nitrogens is 1. The number of ether oxygens (including phenoxy) is 1. The summed E-state index contributed by atoms with van der Waals surface area (Å²) in [6, 6.07) is 6.55. The van der Waals surface area contributed by atoms with Crippen molar-refractivity contribution in [2.75, 3.05) is 25.5 Å². The molecule has 2 atom stereocenters. The molecular formula is C29H31BrCl2N4O4. The number of Topliss-reactive ketones (excluding diaryl/α,β-unsaturated/α-hetero) is 1. The number of allylic oxidation sites excluding steroid dienone is 2. The maximum atomic E-state index is 13.5. The first-order valence-corrected chi connectivity index (χ1v) is 15.0. The molecule has 0 bridgehead atoms. The Labute approximate surface area is 252 Å². The Balaban J connectivity index is 1.32. The number of hydrogen-bond acceptors (Lipinski definition) is 7. The van der Waals surface area contributed by atoms with Gasteiger partial charge in [-0.1, -0.05) is 54.6 Å². The fraction of sp³-hybridized carbons (Fsp3) is 0.448. The minimum atomic E-state index is -0.671. The zero-order chi connectivity index (χ0) is 28.4. The largest absolute Gasteiger partial charge is 0.459 e. The second kappa shape index (κ2) is 12.2. The molecule has 1 saturated carbocycles. The highest BCUT2D eigenvalue weighted by molar-refractivity contribution is 9.12. The molecule has 2 aliphatic carbocycles. The van der Waals surface area contributed by atoms with E-state index in [1.54, 1.807) is 12.1 Å². The predicted octanol–water partition coefficient (Wildman–Crippen LogP) is 5.53. The Morgan fingerprint density at radius 2 is 1.82 bits per heavy atom. The van der Waals surface area contributed by atoms with Gasteiger partial charge >= 0.3 is 5.97 Å². The van der Waals surface area contributed by atoms with Gasteiger partial charge in [-0.3, -0.25) is 14.6 Å². The Kier molecular flexibility index (Phi) is 8.85. The minimum absolute atomic E-state index is 0.119. The number of hydrogen-bond donors (Lipinski definition) is 2. The fourth-order valence-corrected chi connectivity index (χ4v) is 7.21. The molecule has 5 rings (SSSR count). The molecule has 1 saturated heterocycles. The van der Waals surface area contributed by atoms with Crippen LogP contribution in [0.2, 0.25) is 10.0 Å². The Hall–Kier alpha value is -2.46. The predicted molar refractivity (Wildman–Crippen MR) is 158 cm³/mol. The van der Waals surface area contributed by atoms with Crippen LogP contribution in [0.5, 0.6) is 0 Å². The van der Waals surface area contributed by atoms with Crippen LogP contribution in [0.3, 0.4) is 0 Å². The summed E-state index contributed by atoms with van der Waals surface area (Å²) in [6.45, 7) is 1.58. The van der Waals surface area contributed by atoms with Crippen molar-refractivity contribution in [1.29, 1.82) is 0 Å². The normalized spacial score (nSPS) is 21.2. The number of nitrogens with one attached hydrogen (secondary N) is 2. The quantitative estimate of drug-likeness (QED) is 0.363. The average molecular weight is 650 g/mol. The van der Waals surface area contributed by atoms with E-state index in [4.69, 9.17) is 27.9 Å². The molecule has 2 fully saturated rings. The maximum Gasteiger partial charge on any atom is 0.329 e. The zero-order valence-electron chi connectivity index (χ0n) is 22.1. The van der Waals surface area contributed by atoms with Gasteiger partial charge in [0, 0.05) is 43.3 Å². The van der Waals surface area contributed by atoms with E-state index in [9.17, 15) is 14.4 Å². The van der Waals surface area contributed by atoms with E-state index in [-0.39, 0.29) is 33.5 Å². The van der Waals surface area contributed by atoms with Gasteiger partial charge in [0.15, 0.2) is 5.78 Å². The molecule has 2 N–H and O–H groups in total. The van der Waals surface area contributed by atoms with Crippen LogP contribution in [-0.4, -0.2) is 59.8 Å². The number of likely N-dealkylation sites (N-methyl/N-ethyl adjacent to an activating group) is 1. The maximum absolute atomic E-state index is 13.5.